The maximum absolute atomic E-state index is 11.7. The second-order valence-electron chi connectivity index (χ2n) is 6.58. The van der Waals surface area contributed by atoms with Crippen LogP contribution in [-0.2, 0) is 16.4 Å². The van der Waals surface area contributed by atoms with Gasteiger partial charge in [-0.15, -0.1) is 0 Å². The van der Waals surface area contributed by atoms with E-state index in [1.807, 2.05) is 16.9 Å². The summed E-state index contributed by atoms with van der Waals surface area (Å²) in [5, 5.41) is 7.78. The highest BCUT2D eigenvalue weighted by Crippen LogP contribution is 2.31. The number of aromatic nitrogens is 2. The Bertz CT molecular complexity index is 551. The van der Waals surface area contributed by atoms with Gasteiger partial charge in [-0.2, -0.15) is 5.10 Å². The molecular formula is C15H27N3O2S. The minimum Gasteiger partial charge on any atom is -0.311 e. The fourth-order valence-corrected chi connectivity index (χ4v) is 4.08. The highest BCUT2D eigenvalue weighted by Gasteiger charge is 2.30. The highest BCUT2D eigenvalue weighted by molar-refractivity contribution is 7.91. The van der Waals surface area contributed by atoms with Gasteiger partial charge in [0, 0.05) is 19.0 Å². The van der Waals surface area contributed by atoms with Crippen molar-refractivity contribution in [1.29, 1.82) is 0 Å². The molecule has 1 aromatic heterocycles. The van der Waals surface area contributed by atoms with Crippen LogP contribution in [-0.4, -0.2) is 36.2 Å². The van der Waals surface area contributed by atoms with E-state index >= 15 is 0 Å². The summed E-state index contributed by atoms with van der Waals surface area (Å²) < 4.78 is 25.4. The Morgan fingerprint density at radius 2 is 2.19 bits per heavy atom. The molecule has 1 aliphatic rings. The van der Waals surface area contributed by atoms with E-state index in [4.69, 9.17) is 0 Å². The van der Waals surface area contributed by atoms with Crippen LogP contribution in [0.5, 0.6) is 0 Å². The third-order valence-electron chi connectivity index (χ3n) is 4.10. The second kappa shape index (κ2) is 6.92. The van der Waals surface area contributed by atoms with Crippen LogP contribution < -0.4 is 5.32 Å². The van der Waals surface area contributed by atoms with E-state index < -0.39 is 9.84 Å². The summed E-state index contributed by atoms with van der Waals surface area (Å²) in [6.45, 7) is 6.11. The fourth-order valence-electron chi connectivity index (χ4n) is 2.91. The van der Waals surface area contributed by atoms with Gasteiger partial charge in [0.1, 0.15) is 9.84 Å². The van der Waals surface area contributed by atoms with Crippen LogP contribution >= 0.6 is 0 Å². The largest absolute Gasteiger partial charge is 0.311 e. The van der Waals surface area contributed by atoms with Gasteiger partial charge >= 0.3 is 0 Å². The van der Waals surface area contributed by atoms with Gasteiger partial charge in [0.15, 0.2) is 0 Å². The SMILES string of the molecule is CC(C)CNCc1ccn(C2CCCC(S(C)(=O)=O)C2)n1. The van der Waals surface area contributed by atoms with Crippen molar-refractivity contribution in [2.75, 3.05) is 12.8 Å². The third kappa shape index (κ3) is 4.81. The van der Waals surface area contributed by atoms with Gasteiger partial charge in [-0.1, -0.05) is 20.3 Å². The Hall–Kier alpha value is -0.880. The molecule has 0 spiro atoms. The Kier molecular flexibility index (Phi) is 5.43. The summed E-state index contributed by atoms with van der Waals surface area (Å²) in [7, 11) is -2.94. The van der Waals surface area contributed by atoms with Crippen LogP contribution in [0, 0.1) is 5.92 Å². The topological polar surface area (TPSA) is 64.0 Å². The summed E-state index contributed by atoms with van der Waals surface area (Å²) in [6.07, 6.45) is 6.81. The standard InChI is InChI=1S/C15H27N3O2S/c1-12(2)10-16-11-13-7-8-18(17-13)14-5-4-6-15(9-14)21(3,19)20/h7-8,12,14-16H,4-6,9-11H2,1-3H3. The number of nitrogens with one attached hydrogen (secondary N) is 1. The molecule has 0 radical (unpaired) electrons. The zero-order chi connectivity index (χ0) is 15.5. The molecule has 1 N–H and O–H groups in total. The van der Waals surface area contributed by atoms with E-state index in [1.54, 1.807) is 0 Å². The summed E-state index contributed by atoms with van der Waals surface area (Å²) >= 11 is 0. The molecule has 2 atom stereocenters. The Balaban J connectivity index is 1.94. The maximum Gasteiger partial charge on any atom is 0.150 e. The predicted octanol–water partition coefficient (Wildman–Crippen LogP) is 2.16. The molecular weight excluding hydrogens is 286 g/mol. The van der Waals surface area contributed by atoms with E-state index in [-0.39, 0.29) is 11.3 Å². The molecule has 2 rings (SSSR count). The van der Waals surface area contributed by atoms with Crippen LogP contribution in [0.2, 0.25) is 0 Å². The highest BCUT2D eigenvalue weighted by atomic mass is 32.2. The first-order valence-corrected chi connectivity index (χ1v) is 9.75. The van der Waals surface area contributed by atoms with Gasteiger partial charge in [0.25, 0.3) is 0 Å². The van der Waals surface area contributed by atoms with Crippen LogP contribution in [0.3, 0.4) is 0 Å². The molecule has 0 aliphatic heterocycles. The van der Waals surface area contributed by atoms with Crippen molar-refractivity contribution in [3.63, 3.8) is 0 Å². The molecule has 2 unspecified atom stereocenters. The maximum atomic E-state index is 11.7. The zero-order valence-electron chi connectivity index (χ0n) is 13.2. The van der Waals surface area contributed by atoms with Crippen molar-refractivity contribution in [3.8, 4) is 0 Å². The van der Waals surface area contributed by atoms with Gasteiger partial charge in [-0.25, -0.2) is 8.42 Å². The molecule has 0 bridgehead atoms. The molecule has 120 valence electrons. The van der Waals surface area contributed by atoms with Gasteiger partial charge in [-0.05, 0) is 37.8 Å². The lowest BCUT2D eigenvalue weighted by Crippen LogP contribution is -2.29. The minimum absolute atomic E-state index is 0.206. The molecule has 0 aromatic carbocycles. The van der Waals surface area contributed by atoms with Crippen LogP contribution in [0.15, 0.2) is 12.3 Å². The van der Waals surface area contributed by atoms with E-state index in [0.29, 0.717) is 12.3 Å². The van der Waals surface area contributed by atoms with Crippen molar-refractivity contribution in [1.82, 2.24) is 15.1 Å². The summed E-state index contributed by atoms with van der Waals surface area (Å²) in [6, 6.07) is 2.24. The van der Waals surface area contributed by atoms with E-state index in [1.165, 1.54) is 6.26 Å². The first kappa shape index (κ1) is 16.5. The van der Waals surface area contributed by atoms with E-state index in [9.17, 15) is 8.42 Å². The summed E-state index contributed by atoms with van der Waals surface area (Å²) in [5.41, 5.74) is 1.03. The van der Waals surface area contributed by atoms with Crippen molar-refractivity contribution in [3.05, 3.63) is 18.0 Å². The lowest BCUT2D eigenvalue weighted by molar-refractivity contribution is 0.327. The van der Waals surface area contributed by atoms with Gasteiger partial charge < -0.3 is 5.32 Å². The molecule has 5 nitrogen and oxygen atoms in total. The molecule has 21 heavy (non-hydrogen) atoms. The normalized spacial score (nSPS) is 23.6. The Labute approximate surface area is 128 Å². The van der Waals surface area contributed by atoms with Crippen LogP contribution in [0.4, 0.5) is 0 Å². The molecule has 1 aliphatic carbocycles. The summed E-state index contributed by atoms with van der Waals surface area (Å²) in [5.74, 6) is 0.626. The molecule has 1 aromatic rings. The fraction of sp³-hybridized carbons (Fsp3) is 0.800. The Morgan fingerprint density at radius 1 is 1.43 bits per heavy atom. The number of hydrogen-bond acceptors (Lipinski definition) is 4. The number of nitrogens with zero attached hydrogens (tertiary/aromatic N) is 2. The first-order valence-electron chi connectivity index (χ1n) is 7.80. The smallest absolute Gasteiger partial charge is 0.150 e. The molecule has 0 saturated heterocycles. The van der Waals surface area contributed by atoms with Crippen molar-refractivity contribution in [2.24, 2.45) is 5.92 Å². The summed E-state index contributed by atoms with van der Waals surface area (Å²) in [4.78, 5) is 0. The van der Waals surface area contributed by atoms with Gasteiger partial charge in [-0.3, -0.25) is 4.68 Å². The average Bonchev–Trinajstić information content (AvgIpc) is 2.86. The zero-order valence-corrected chi connectivity index (χ0v) is 14.1. The quantitative estimate of drug-likeness (QED) is 0.874. The van der Waals surface area contributed by atoms with E-state index in [0.717, 1.165) is 38.0 Å². The first-order chi connectivity index (χ1) is 9.86. The van der Waals surface area contributed by atoms with Crippen molar-refractivity contribution < 1.29 is 8.42 Å². The van der Waals surface area contributed by atoms with Crippen LogP contribution in [0.25, 0.3) is 0 Å². The predicted molar refractivity (Wildman–Crippen MR) is 84.9 cm³/mol. The second-order valence-corrected chi connectivity index (χ2v) is 8.91. The minimum atomic E-state index is -2.94. The van der Waals surface area contributed by atoms with Crippen LogP contribution in [0.1, 0.15) is 51.3 Å². The molecule has 1 fully saturated rings. The monoisotopic (exact) mass is 313 g/mol. The Morgan fingerprint density at radius 3 is 2.86 bits per heavy atom. The van der Waals surface area contributed by atoms with Crippen molar-refractivity contribution in [2.45, 2.75) is 57.4 Å². The molecule has 6 heteroatoms. The number of rotatable bonds is 6. The lowest BCUT2D eigenvalue weighted by Gasteiger charge is -2.28. The van der Waals surface area contributed by atoms with Crippen molar-refractivity contribution >= 4 is 9.84 Å². The lowest BCUT2D eigenvalue weighted by atomic mass is 9.95. The third-order valence-corrected chi connectivity index (χ3v) is 5.74. The number of hydrogen-bond donors (Lipinski definition) is 1. The van der Waals surface area contributed by atoms with Gasteiger partial charge in [0.2, 0.25) is 0 Å². The molecule has 0 amide bonds. The number of sulfone groups is 1. The van der Waals surface area contributed by atoms with E-state index in [2.05, 4.69) is 24.3 Å². The molecule has 1 heterocycles. The average molecular weight is 313 g/mol. The molecule has 1 saturated carbocycles. The van der Waals surface area contributed by atoms with Gasteiger partial charge in [0.05, 0.1) is 17.0 Å².